The van der Waals surface area contributed by atoms with Crippen molar-refractivity contribution in [3.8, 4) is 11.5 Å². The highest BCUT2D eigenvalue weighted by Gasteiger charge is 2.41. The van der Waals surface area contributed by atoms with Crippen LogP contribution in [0.1, 0.15) is 75.7 Å². The second kappa shape index (κ2) is 8.77. The van der Waals surface area contributed by atoms with E-state index in [1.165, 1.54) is 0 Å². The van der Waals surface area contributed by atoms with Gasteiger partial charge in [0, 0.05) is 0 Å². The van der Waals surface area contributed by atoms with Crippen molar-refractivity contribution >= 4 is 14.2 Å². The van der Waals surface area contributed by atoms with Gasteiger partial charge in [0.25, 0.3) is 0 Å². The fourth-order valence-corrected chi connectivity index (χ4v) is 8.63. The Morgan fingerprint density at radius 2 is 1.48 bits per heavy atom. The van der Waals surface area contributed by atoms with Crippen LogP contribution in [0, 0.1) is 11.5 Å². The van der Waals surface area contributed by atoms with Gasteiger partial charge in [-0.25, -0.2) is 4.79 Å². The first-order chi connectivity index (χ1) is 10.4. The van der Waals surface area contributed by atoms with E-state index < -0.39 is 13.7 Å². The van der Waals surface area contributed by atoms with Crippen molar-refractivity contribution in [2.45, 2.75) is 104 Å². The third kappa shape index (κ3) is 6.59. The minimum atomic E-state index is -1.76. The average Bonchev–Trinajstić information content (AvgIpc) is 2.34. The molecule has 0 unspecified atom stereocenters. The molecule has 0 aromatic rings. The van der Waals surface area contributed by atoms with E-state index >= 15 is 0 Å². The molecule has 0 aliphatic heterocycles. The molecule has 0 saturated heterocycles. The normalized spacial score (nSPS) is 13.8. The van der Waals surface area contributed by atoms with Gasteiger partial charge in [-0.2, -0.15) is 0 Å². The maximum absolute atomic E-state index is 12.0. The fraction of sp³-hybridized carbons (Fsp3) is 0.842. The molecule has 0 aliphatic rings. The fourth-order valence-electron chi connectivity index (χ4n) is 3.34. The first-order valence-electron chi connectivity index (χ1n) is 8.89. The molecular weight excluding hydrogens is 302 g/mol. The third-order valence-corrected chi connectivity index (χ3v) is 10.7. The first-order valence-corrected chi connectivity index (χ1v) is 11.1. The maximum Gasteiger partial charge on any atom is 0.408 e. The Balaban J connectivity index is 5.31. The topological polar surface area (TPSA) is 38.3 Å². The second-order valence-corrected chi connectivity index (χ2v) is 13.9. The van der Waals surface area contributed by atoms with E-state index in [0.29, 0.717) is 16.6 Å². The van der Waals surface area contributed by atoms with Gasteiger partial charge in [0.05, 0.1) is 6.04 Å². The van der Waals surface area contributed by atoms with Crippen LogP contribution in [0.2, 0.25) is 16.6 Å². The van der Waals surface area contributed by atoms with Crippen molar-refractivity contribution in [1.82, 2.24) is 5.32 Å². The van der Waals surface area contributed by atoms with Gasteiger partial charge < -0.3 is 10.1 Å². The van der Waals surface area contributed by atoms with Crippen molar-refractivity contribution in [3.05, 3.63) is 0 Å². The van der Waals surface area contributed by atoms with Gasteiger partial charge in [-0.05, 0) is 43.8 Å². The monoisotopic (exact) mass is 339 g/mol. The maximum atomic E-state index is 12.0. The van der Waals surface area contributed by atoms with Crippen LogP contribution >= 0.6 is 0 Å². The highest BCUT2D eigenvalue weighted by Crippen LogP contribution is 2.40. The zero-order valence-electron chi connectivity index (χ0n) is 16.8. The molecular formula is C19H37NO2Si. The van der Waals surface area contributed by atoms with Crippen LogP contribution in [0.4, 0.5) is 4.79 Å². The summed E-state index contributed by atoms with van der Waals surface area (Å²) in [5.74, 6) is 3.37. The standard InChI is InChI=1S/C19H37NO2Si/c1-11-17(20-18(21)22-19(8,9)10)12-13-23(14(2)3,15(4)5)16(6)7/h14-17H,11H2,1-10H3,(H,20,21)/t17-/m0/s1. The molecule has 0 fully saturated rings. The Kier molecular flexibility index (Phi) is 8.41. The van der Waals surface area contributed by atoms with Crippen molar-refractivity contribution in [2.75, 3.05) is 0 Å². The molecule has 1 amide bonds. The summed E-state index contributed by atoms with van der Waals surface area (Å²) < 4.78 is 5.34. The second-order valence-electron chi connectivity index (χ2n) is 8.27. The molecule has 0 rings (SSSR count). The number of hydrogen-bond donors (Lipinski definition) is 1. The predicted molar refractivity (Wildman–Crippen MR) is 102 cm³/mol. The molecule has 0 radical (unpaired) electrons. The molecule has 0 heterocycles. The Hall–Kier alpha value is -0.953. The van der Waals surface area contributed by atoms with Crippen LogP contribution in [0.25, 0.3) is 0 Å². The molecule has 0 spiro atoms. The number of nitrogens with one attached hydrogen (secondary N) is 1. The zero-order chi connectivity index (χ0) is 18.4. The number of ether oxygens (including phenoxy) is 1. The highest BCUT2D eigenvalue weighted by molar-refractivity contribution is 6.90. The first kappa shape index (κ1) is 22.0. The van der Waals surface area contributed by atoms with Crippen LogP contribution in [0.15, 0.2) is 0 Å². The number of alkyl carbamates (subject to hydrolysis) is 1. The average molecular weight is 340 g/mol. The summed E-state index contributed by atoms with van der Waals surface area (Å²) >= 11 is 0. The summed E-state index contributed by atoms with van der Waals surface area (Å²) in [6, 6.07) is -0.145. The summed E-state index contributed by atoms with van der Waals surface area (Å²) in [6.45, 7) is 21.4. The van der Waals surface area contributed by atoms with Gasteiger partial charge in [0.2, 0.25) is 0 Å². The Morgan fingerprint density at radius 1 is 1.04 bits per heavy atom. The van der Waals surface area contributed by atoms with Crippen LogP contribution in [-0.4, -0.2) is 25.8 Å². The molecule has 23 heavy (non-hydrogen) atoms. The predicted octanol–water partition coefficient (Wildman–Crippen LogP) is 5.51. The van der Waals surface area contributed by atoms with Crippen molar-refractivity contribution in [3.63, 3.8) is 0 Å². The van der Waals surface area contributed by atoms with E-state index in [1.807, 2.05) is 27.7 Å². The lowest BCUT2D eigenvalue weighted by Crippen LogP contribution is -2.44. The van der Waals surface area contributed by atoms with E-state index in [2.05, 4.69) is 58.3 Å². The molecule has 0 saturated carbocycles. The van der Waals surface area contributed by atoms with Crippen LogP contribution in [-0.2, 0) is 4.74 Å². The molecule has 0 aliphatic carbocycles. The van der Waals surface area contributed by atoms with E-state index in [9.17, 15) is 4.79 Å². The lowest BCUT2D eigenvalue weighted by atomic mass is 10.2. The molecule has 4 heteroatoms. The van der Waals surface area contributed by atoms with Gasteiger partial charge in [0.1, 0.15) is 13.7 Å². The summed E-state index contributed by atoms with van der Waals surface area (Å²) in [7, 11) is -1.76. The number of hydrogen-bond acceptors (Lipinski definition) is 2. The summed E-state index contributed by atoms with van der Waals surface area (Å²) in [5.41, 5.74) is 4.96. The Morgan fingerprint density at radius 3 is 1.78 bits per heavy atom. The molecule has 1 atom stereocenters. The van der Waals surface area contributed by atoms with Gasteiger partial charge in [0.15, 0.2) is 0 Å². The highest BCUT2D eigenvalue weighted by atomic mass is 28.3. The summed E-state index contributed by atoms with van der Waals surface area (Å²) in [4.78, 5) is 12.0. The zero-order valence-corrected chi connectivity index (χ0v) is 17.8. The van der Waals surface area contributed by atoms with Gasteiger partial charge in [-0.15, -0.1) is 5.54 Å². The lowest BCUT2D eigenvalue weighted by Gasteiger charge is -2.38. The van der Waals surface area contributed by atoms with Crippen molar-refractivity contribution < 1.29 is 9.53 Å². The largest absolute Gasteiger partial charge is 0.444 e. The SMILES string of the molecule is CC[C@@H](C#C[Si](C(C)C)(C(C)C)C(C)C)NC(=O)OC(C)(C)C. The van der Waals surface area contributed by atoms with Crippen molar-refractivity contribution in [2.24, 2.45) is 0 Å². The smallest absolute Gasteiger partial charge is 0.408 e. The van der Waals surface area contributed by atoms with Crippen LogP contribution in [0.3, 0.4) is 0 Å². The molecule has 0 aromatic heterocycles. The Bertz CT molecular complexity index is 417. The quantitative estimate of drug-likeness (QED) is 0.529. The molecule has 0 aromatic carbocycles. The number of carbonyl (C=O) groups is 1. The number of amides is 1. The van der Waals surface area contributed by atoms with E-state index in [4.69, 9.17) is 4.74 Å². The molecule has 1 N–H and O–H groups in total. The Labute approximate surface area is 145 Å². The molecule has 0 bridgehead atoms. The van der Waals surface area contributed by atoms with Crippen LogP contribution in [0.5, 0.6) is 0 Å². The van der Waals surface area contributed by atoms with Crippen LogP contribution < -0.4 is 5.32 Å². The van der Waals surface area contributed by atoms with E-state index in [0.717, 1.165) is 6.42 Å². The molecule has 134 valence electrons. The number of rotatable bonds is 5. The van der Waals surface area contributed by atoms with E-state index in [-0.39, 0.29) is 12.1 Å². The lowest BCUT2D eigenvalue weighted by molar-refractivity contribution is 0.0515. The summed E-state index contributed by atoms with van der Waals surface area (Å²) in [6.07, 6.45) is 0.398. The number of carbonyl (C=O) groups excluding carboxylic acids is 1. The minimum absolute atomic E-state index is 0.145. The van der Waals surface area contributed by atoms with Crippen molar-refractivity contribution in [1.29, 1.82) is 0 Å². The van der Waals surface area contributed by atoms with E-state index in [1.54, 1.807) is 0 Å². The minimum Gasteiger partial charge on any atom is -0.444 e. The van der Waals surface area contributed by atoms with Gasteiger partial charge in [-0.3, -0.25) is 0 Å². The molecule has 3 nitrogen and oxygen atoms in total. The summed E-state index contributed by atoms with van der Waals surface area (Å²) in [5, 5.41) is 2.90. The van der Waals surface area contributed by atoms with Gasteiger partial charge >= 0.3 is 6.09 Å². The van der Waals surface area contributed by atoms with Gasteiger partial charge in [-0.1, -0.05) is 54.4 Å². The third-order valence-electron chi connectivity index (χ3n) is 4.43.